The monoisotopic (exact) mass is 371 g/mol. The van der Waals surface area contributed by atoms with Crippen LogP contribution in [0.5, 0.6) is 5.75 Å². The molecule has 28 heavy (non-hydrogen) atoms. The van der Waals surface area contributed by atoms with Gasteiger partial charge in [-0.05, 0) is 36.8 Å². The molecule has 0 saturated heterocycles. The molecule has 0 saturated carbocycles. The van der Waals surface area contributed by atoms with Crippen molar-refractivity contribution in [2.75, 3.05) is 12.4 Å². The molecule has 5 rings (SSSR count). The zero-order valence-corrected chi connectivity index (χ0v) is 15.4. The number of anilines is 1. The average molecular weight is 371 g/mol. The van der Waals surface area contributed by atoms with Crippen LogP contribution in [-0.2, 0) is 0 Å². The SMILES string of the molecule is COc1cc2c(cc1NC(=O)c1cn3ccc(C)cc3n1)oc1ccccc12. The van der Waals surface area contributed by atoms with E-state index in [-0.39, 0.29) is 5.91 Å². The lowest BCUT2D eigenvalue weighted by atomic mass is 10.1. The number of carbonyl (C=O) groups is 1. The molecule has 0 aliphatic carbocycles. The van der Waals surface area contributed by atoms with Crippen LogP contribution in [-0.4, -0.2) is 22.4 Å². The van der Waals surface area contributed by atoms with E-state index in [1.807, 2.05) is 60.0 Å². The number of hydrogen-bond donors (Lipinski definition) is 1. The number of aryl methyl sites for hydroxylation is 1. The van der Waals surface area contributed by atoms with Gasteiger partial charge in [-0.3, -0.25) is 4.79 Å². The number of benzene rings is 2. The fourth-order valence-corrected chi connectivity index (χ4v) is 3.40. The number of ether oxygens (including phenoxy) is 1. The van der Waals surface area contributed by atoms with Gasteiger partial charge in [0, 0.05) is 29.2 Å². The van der Waals surface area contributed by atoms with Gasteiger partial charge >= 0.3 is 0 Å². The summed E-state index contributed by atoms with van der Waals surface area (Å²) >= 11 is 0. The van der Waals surface area contributed by atoms with Crippen LogP contribution < -0.4 is 10.1 Å². The van der Waals surface area contributed by atoms with Crippen molar-refractivity contribution in [2.45, 2.75) is 6.92 Å². The van der Waals surface area contributed by atoms with Gasteiger partial charge in [0.05, 0.1) is 12.8 Å². The minimum atomic E-state index is -0.310. The lowest BCUT2D eigenvalue weighted by molar-refractivity contribution is 0.102. The van der Waals surface area contributed by atoms with Gasteiger partial charge in [0.2, 0.25) is 0 Å². The van der Waals surface area contributed by atoms with E-state index in [0.717, 1.165) is 27.6 Å². The molecule has 0 radical (unpaired) electrons. The molecule has 6 heteroatoms. The molecule has 2 aromatic carbocycles. The van der Waals surface area contributed by atoms with Crippen molar-refractivity contribution in [3.63, 3.8) is 0 Å². The zero-order valence-electron chi connectivity index (χ0n) is 15.4. The largest absolute Gasteiger partial charge is 0.495 e. The standard InChI is InChI=1S/C22H17N3O3/c1-13-7-8-25-12-17(23-21(25)9-13)22(26)24-16-11-19-15(10-20(16)27-2)14-5-3-4-6-18(14)28-19/h3-12H,1-2H3,(H,24,26). The Kier molecular flexibility index (Phi) is 3.58. The van der Waals surface area contributed by atoms with Crippen molar-refractivity contribution in [1.82, 2.24) is 9.38 Å². The first-order valence-corrected chi connectivity index (χ1v) is 8.88. The zero-order chi connectivity index (χ0) is 19.3. The van der Waals surface area contributed by atoms with Gasteiger partial charge < -0.3 is 18.9 Å². The normalized spacial score (nSPS) is 11.4. The lowest BCUT2D eigenvalue weighted by Gasteiger charge is -2.09. The molecule has 1 amide bonds. The lowest BCUT2D eigenvalue weighted by Crippen LogP contribution is -2.13. The number of furan rings is 1. The second kappa shape index (κ2) is 6.13. The first-order chi connectivity index (χ1) is 13.6. The molecule has 6 nitrogen and oxygen atoms in total. The molecular weight excluding hydrogens is 354 g/mol. The van der Waals surface area contributed by atoms with E-state index in [0.29, 0.717) is 22.7 Å². The van der Waals surface area contributed by atoms with E-state index < -0.39 is 0 Å². The number of pyridine rings is 1. The van der Waals surface area contributed by atoms with Crippen LogP contribution >= 0.6 is 0 Å². The van der Waals surface area contributed by atoms with E-state index in [9.17, 15) is 4.79 Å². The van der Waals surface area contributed by atoms with E-state index in [2.05, 4.69) is 10.3 Å². The second-order valence-electron chi connectivity index (χ2n) is 6.70. The van der Waals surface area contributed by atoms with Crippen molar-refractivity contribution in [1.29, 1.82) is 0 Å². The van der Waals surface area contributed by atoms with Crippen LogP contribution in [0.1, 0.15) is 16.1 Å². The number of aromatic nitrogens is 2. The van der Waals surface area contributed by atoms with Crippen molar-refractivity contribution in [3.05, 3.63) is 72.2 Å². The van der Waals surface area contributed by atoms with Gasteiger partial charge in [0.1, 0.15) is 28.3 Å². The van der Waals surface area contributed by atoms with Crippen molar-refractivity contribution in [2.24, 2.45) is 0 Å². The molecule has 0 spiro atoms. The van der Waals surface area contributed by atoms with E-state index in [4.69, 9.17) is 9.15 Å². The summed E-state index contributed by atoms with van der Waals surface area (Å²) in [6.45, 7) is 1.99. The maximum absolute atomic E-state index is 12.8. The van der Waals surface area contributed by atoms with Crippen LogP contribution in [0.3, 0.4) is 0 Å². The highest BCUT2D eigenvalue weighted by Crippen LogP contribution is 2.36. The van der Waals surface area contributed by atoms with E-state index in [1.165, 1.54) is 0 Å². The third-order valence-electron chi connectivity index (χ3n) is 4.80. The Morgan fingerprint density at radius 2 is 1.96 bits per heavy atom. The molecule has 0 unspecified atom stereocenters. The predicted octanol–water partition coefficient (Wildman–Crippen LogP) is 4.80. The van der Waals surface area contributed by atoms with Crippen molar-refractivity contribution < 1.29 is 13.9 Å². The number of fused-ring (bicyclic) bond motifs is 4. The molecule has 0 aliphatic heterocycles. The molecule has 0 bridgehead atoms. The molecule has 3 aromatic heterocycles. The first kappa shape index (κ1) is 16.4. The van der Waals surface area contributed by atoms with Gasteiger partial charge in [-0.2, -0.15) is 0 Å². The Labute approximate surface area is 160 Å². The van der Waals surface area contributed by atoms with Gasteiger partial charge in [-0.1, -0.05) is 18.2 Å². The number of rotatable bonds is 3. The molecule has 0 atom stereocenters. The Bertz CT molecular complexity index is 1360. The van der Waals surface area contributed by atoms with Crippen molar-refractivity contribution >= 4 is 39.2 Å². The summed E-state index contributed by atoms with van der Waals surface area (Å²) in [5, 5.41) is 4.83. The molecular formula is C22H17N3O3. The molecule has 0 aliphatic rings. The van der Waals surface area contributed by atoms with Gasteiger partial charge in [-0.15, -0.1) is 0 Å². The smallest absolute Gasteiger partial charge is 0.275 e. The summed E-state index contributed by atoms with van der Waals surface area (Å²) in [5.74, 6) is 0.252. The number of carbonyl (C=O) groups excluding carboxylic acids is 1. The van der Waals surface area contributed by atoms with E-state index in [1.54, 1.807) is 19.4 Å². The summed E-state index contributed by atoms with van der Waals surface area (Å²) in [5.41, 5.74) is 4.15. The number of methoxy groups -OCH3 is 1. The topological polar surface area (TPSA) is 68.8 Å². The summed E-state index contributed by atoms with van der Waals surface area (Å²) in [6.07, 6.45) is 3.59. The Balaban J connectivity index is 1.55. The number of imidazole rings is 1. The number of hydrogen-bond acceptors (Lipinski definition) is 4. The number of amides is 1. The van der Waals surface area contributed by atoms with Crippen molar-refractivity contribution in [3.8, 4) is 5.75 Å². The van der Waals surface area contributed by atoms with Gasteiger partial charge in [0.15, 0.2) is 0 Å². The third kappa shape index (κ3) is 2.58. The summed E-state index contributed by atoms with van der Waals surface area (Å²) in [6, 6.07) is 15.4. The number of nitrogens with zero attached hydrogens (tertiary/aromatic N) is 2. The van der Waals surface area contributed by atoms with Gasteiger partial charge in [-0.25, -0.2) is 4.98 Å². The predicted molar refractivity (Wildman–Crippen MR) is 108 cm³/mol. The summed E-state index contributed by atoms with van der Waals surface area (Å²) in [7, 11) is 1.58. The Morgan fingerprint density at radius 3 is 2.82 bits per heavy atom. The van der Waals surface area contributed by atoms with E-state index >= 15 is 0 Å². The summed E-state index contributed by atoms with van der Waals surface area (Å²) in [4.78, 5) is 17.2. The highest BCUT2D eigenvalue weighted by atomic mass is 16.5. The fourth-order valence-electron chi connectivity index (χ4n) is 3.40. The fraction of sp³-hybridized carbons (Fsp3) is 0.0909. The molecule has 5 aromatic rings. The Morgan fingerprint density at radius 1 is 1.11 bits per heavy atom. The van der Waals surface area contributed by atoms with Crippen LogP contribution in [0.4, 0.5) is 5.69 Å². The van der Waals surface area contributed by atoms with Crippen LogP contribution in [0.2, 0.25) is 0 Å². The molecule has 3 heterocycles. The highest BCUT2D eigenvalue weighted by Gasteiger charge is 2.16. The maximum atomic E-state index is 12.8. The average Bonchev–Trinajstić information content (AvgIpc) is 3.27. The molecule has 1 N–H and O–H groups in total. The highest BCUT2D eigenvalue weighted by molar-refractivity contribution is 6.09. The molecule has 0 fully saturated rings. The van der Waals surface area contributed by atoms with Gasteiger partial charge in [0.25, 0.3) is 5.91 Å². The first-order valence-electron chi connectivity index (χ1n) is 8.88. The second-order valence-corrected chi connectivity index (χ2v) is 6.70. The molecule has 138 valence electrons. The number of nitrogens with one attached hydrogen (secondary N) is 1. The third-order valence-corrected chi connectivity index (χ3v) is 4.80. The van der Waals surface area contributed by atoms with Crippen LogP contribution in [0.25, 0.3) is 27.6 Å². The van der Waals surface area contributed by atoms with Crippen LogP contribution in [0, 0.1) is 6.92 Å². The minimum absolute atomic E-state index is 0.310. The maximum Gasteiger partial charge on any atom is 0.275 e. The van der Waals surface area contributed by atoms with Crippen LogP contribution in [0.15, 0.2) is 65.3 Å². The quantitative estimate of drug-likeness (QED) is 0.494. The minimum Gasteiger partial charge on any atom is -0.495 e. The Hall–Kier alpha value is -3.80. The summed E-state index contributed by atoms with van der Waals surface area (Å²) < 4.78 is 13.2. The number of para-hydroxylation sites is 1.